The van der Waals surface area contributed by atoms with Gasteiger partial charge in [-0.15, -0.1) is 0 Å². The van der Waals surface area contributed by atoms with Crippen LogP contribution in [0.25, 0.3) is 0 Å². The van der Waals surface area contributed by atoms with Crippen LogP contribution in [0.3, 0.4) is 0 Å². The van der Waals surface area contributed by atoms with E-state index < -0.39 is 0 Å². The molecule has 1 aliphatic carbocycles. The summed E-state index contributed by atoms with van der Waals surface area (Å²) in [6, 6.07) is 0.797. The lowest BCUT2D eigenvalue weighted by Gasteiger charge is -2.22. The predicted octanol–water partition coefficient (Wildman–Crippen LogP) is 2.50. The molecular weight excluding hydrogens is 184 g/mol. The molecule has 1 unspecified atom stereocenters. The van der Waals surface area contributed by atoms with Gasteiger partial charge in [0.25, 0.3) is 0 Å². The van der Waals surface area contributed by atoms with Crippen LogP contribution in [0.5, 0.6) is 0 Å². The fourth-order valence-electron chi connectivity index (χ4n) is 2.30. The minimum atomic E-state index is 0.797. The Labute approximate surface area is 95.4 Å². The third-order valence-electron chi connectivity index (χ3n) is 3.45. The van der Waals surface area contributed by atoms with Gasteiger partial charge < -0.3 is 10.2 Å². The number of nitrogens with zero attached hydrogens (tertiary/aromatic N) is 1. The highest BCUT2D eigenvalue weighted by molar-refractivity contribution is 4.85. The lowest BCUT2D eigenvalue weighted by molar-refractivity contribution is 0.278. The molecule has 0 aromatic carbocycles. The maximum atomic E-state index is 3.71. The number of likely N-dealkylation sites (N-methyl/N-ethyl adjacent to an activating group) is 1. The first-order valence-electron chi connectivity index (χ1n) is 6.77. The van der Waals surface area contributed by atoms with Gasteiger partial charge in [-0.2, -0.15) is 0 Å². The molecule has 1 rings (SSSR count). The molecule has 0 heterocycles. The smallest absolute Gasteiger partial charge is 0.0107 e. The largest absolute Gasteiger partial charge is 0.312 e. The summed E-state index contributed by atoms with van der Waals surface area (Å²) in [5.41, 5.74) is 0. The molecule has 0 radical (unpaired) electrons. The first-order chi connectivity index (χ1) is 7.31. The molecule has 0 aromatic heterocycles. The Morgan fingerprint density at radius 1 is 1.20 bits per heavy atom. The summed E-state index contributed by atoms with van der Waals surface area (Å²) in [5, 5.41) is 3.71. The maximum absolute atomic E-state index is 3.71. The zero-order chi connectivity index (χ0) is 11.1. The molecular formula is C13H28N2. The van der Waals surface area contributed by atoms with E-state index in [0.29, 0.717) is 0 Å². The number of rotatable bonds is 9. The predicted molar refractivity (Wildman–Crippen MR) is 67.2 cm³/mol. The fourth-order valence-corrected chi connectivity index (χ4v) is 2.30. The number of hydrogen-bond donors (Lipinski definition) is 1. The highest BCUT2D eigenvalue weighted by Gasteiger charge is 2.29. The van der Waals surface area contributed by atoms with E-state index in [1.807, 2.05) is 0 Å². The second-order valence-electron chi connectivity index (χ2n) is 4.74. The van der Waals surface area contributed by atoms with Gasteiger partial charge >= 0.3 is 0 Å². The topological polar surface area (TPSA) is 15.3 Å². The van der Waals surface area contributed by atoms with Gasteiger partial charge in [-0.25, -0.2) is 0 Å². The zero-order valence-corrected chi connectivity index (χ0v) is 10.8. The quantitative estimate of drug-likeness (QED) is 0.632. The van der Waals surface area contributed by atoms with Crippen molar-refractivity contribution in [1.29, 1.82) is 0 Å². The molecule has 1 fully saturated rings. The minimum absolute atomic E-state index is 0.797. The van der Waals surface area contributed by atoms with Gasteiger partial charge in [0.1, 0.15) is 0 Å². The van der Waals surface area contributed by atoms with Crippen molar-refractivity contribution in [3.63, 3.8) is 0 Å². The Balaban J connectivity index is 2.07. The van der Waals surface area contributed by atoms with Crippen LogP contribution in [0.15, 0.2) is 0 Å². The molecule has 1 atom stereocenters. The maximum Gasteiger partial charge on any atom is 0.0107 e. The SMILES string of the molecule is CCCN(CC)CCNC(CC)C1CC1. The van der Waals surface area contributed by atoms with Crippen molar-refractivity contribution < 1.29 is 0 Å². The van der Waals surface area contributed by atoms with Crippen molar-refractivity contribution >= 4 is 0 Å². The minimum Gasteiger partial charge on any atom is -0.312 e. The highest BCUT2D eigenvalue weighted by Crippen LogP contribution is 2.33. The van der Waals surface area contributed by atoms with Gasteiger partial charge in [-0.1, -0.05) is 20.8 Å². The Bertz CT molecular complexity index is 155. The van der Waals surface area contributed by atoms with Crippen LogP contribution in [0.4, 0.5) is 0 Å². The van der Waals surface area contributed by atoms with Gasteiger partial charge in [0.15, 0.2) is 0 Å². The zero-order valence-electron chi connectivity index (χ0n) is 10.8. The van der Waals surface area contributed by atoms with E-state index in [2.05, 4.69) is 31.0 Å². The molecule has 1 aliphatic rings. The van der Waals surface area contributed by atoms with E-state index in [1.165, 1.54) is 51.9 Å². The van der Waals surface area contributed by atoms with E-state index in [9.17, 15) is 0 Å². The van der Waals surface area contributed by atoms with Crippen LogP contribution in [0.1, 0.15) is 46.5 Å². The normalized spacial score (nSPS) is 18.4. The van der Waals surface area contributed by atoms with Crippen LogP contribution < -0.4 is 5.32 Å². The third-order valence-corrected chi connectivity index (χ3v) is 3.45. The van der Waals surface area contributed by atoms with E-state index in [0.717, 1.165) is 12.0 Å². The Kier molecular flexibility index (Phi) is 6.26. The van der Waals surface area contributed by atoms with Gasteiger partial charge in [0, 0.05) is 19.1 Å². The lowest BCUT2D eigenvalue weighted by atomic mass is 10.1. The van der Waals surface area contributed by atoms with Crippen LogP contribution in [0, 0.1) is 5.92 Å². The van der Waals surface area contributed by atoms with Crippen molar-refractivity contribution in [2.45, 2.75) is 52.5 Å². The van der Waals surface area contributed by atoms with Crippen LogP contribution in [0.2, 0.25) is 0 Å². The second-order valence-corrected chi connectivity index (χ2v) is 4.74. The van der Waals surface area contributed by atoms with Crippen molar-refractivity contribution in [2.24, 2.45) is 5.92 Å². The summed E-state index contributed by atoms with van der Waals surface area (Å²) in [5.74, 6) is 0.997. The Morgan fingerprint density at radius 3 is 2.40 bits per heavy atom. The average molecular weight is 212 g/mol. The van der Waals surface area contributed by atoms with Crippen LogP contribution in [-0.4, -0.2) is 37.1 Å². The monoisotopic (exact) mass is 212 g/mol. The molecule has 1 saturated carbocycles. The molecule has 2 heteroatoms. The number of hydrogen-bond acceptors (Lipinski definition) is 2. The average Bonchev–Trinajstić information content (AvgIpc) is 3.06. The fraction of sp³-hybridized carbons (Fsp3) is 1.00. The second kappa shape index (κ2) is 7.24. The number of nitrogens with one attached hydrogen (secondary N) is 1. The standard InChI is InChI=1S/C13H28N2/c1-4-10-15(6-3)11-9-14-13(5-2)12-7-8-12/h12-14H,4-11H2,1-3H3. The van der Waals surface area contributed by atoms with Crippen molar-refractivity contribution in [1.82, 2.24) is 10.2 Å². The Hall–Kier alpha value is -0.0800. The summed E-state index contributed by atoms with van der Waals surface area (Å²) in [4.78, 5) is 2.53. The summed E-state index contributed by atoms with van der Waals surface area (Å²) in [7, 11) is 0. The van der Waals surface area contributed by atoms with Gasteiger partial charge in [0.05, 0.1) is 0 Å². The molecule has 90 valence electrons. The highest BCUT2D eigenvalue weighted by atomic mass is 15.1. The first-order valence-corrected chi connectivity index (χ1v) is 6.77. The lowest BCUT2D eigenvalue weighted by Crippen LogP contribution is -2.38. The Morgan fingerprint density at radius 2 is 1.93 bits per heavy atom. The molecule has 0 aliphatic heterocycles. The van der Waals surface area contributed by atoms with E-state index in [1.54, 1.807) is 0 Å². The van der Waals surface area contributed by atoms with Crippen LogP contribution in [-0.2, 0) is 0 Å². The molecule has 1 N–H and O–H groups in total. The molecule has 0 aromatic rings. The summed E-state index contributed by atoms with van der Waals surface area (Å²) < 4.78 is 0. The third kappa shape index (κ3) is 4.98. The van der Waals surface area contributed by atoms with Crippen molar-refractivity contribution in [3.05, 3.63) is 0 Å². The molecule has 0 amide bonds. The van der Waals surface area contributed by atoms with Gasteiger partial charge in [0.2, 0.25) is 0 Å². The van der Waals surface area contributed by atoms with E-state index >= 15 is 0 Å². The first kappa shape index (κ1) is 13.0. The molecule has 2 nitrogen and oxygen atoms in total. The molecule has 0 bridgehead atoms. The molecule has 0 saturated heterocycles. The van der Waals surface area contributed by atoms with Gasteiger partial charge in [-0.05, 0) is 44.7 Å². The summed E-state index contributed by atoms with van der Waals surface area (Å²) >= 11 is 0. The summed E-state index contributed by atoms with van der Waals surface area (Å²) in [6.45, 7) is 11.6. The molecule has 15 heavy (non-hydrogen) atoms. The van der Waals surface area contributed by atoms with Gasteiger partial charge in [-0.3, -0.25) is 0 Å². The molecule has 0 spiro atoms. The van der Waals surface area contributed by atoms with Crippen molar-refractivity contribution in [3.8, 4) is 0 Å². The van der Waals surface area contributed by atoms with Crippen LogP contribution >= 0.6 is 0 Å². The van der Waals surface area contributed by atoms with E-state index in [4.69, 9.17) is 0 Å². The van der Waals surface area contributed by atoms with E-state index in [-0.39, 0.29) is 0 Å². The van der Waals surface area contributed by atoms with Crippen molar-refractivity contribution in [2.75, 3.05) is 26.2 Å². The summed E-state index contributed by atoms with van der Waals surface area (Å²) in [6.07, 6.45) is 5.48.